The van der Waals surface area contributed by atoms with Crippen molar-refractivity contribution in [2.45, 2.75) is 12.8 Å². The number of nitrogen functional groups attached to an aromatic ring is 1. The smallest absolute Gasteiger partial charge is 0.416 e. The maximum absolute atomic E-state index is 12.5. The van der Waals surface area contributed by atoms with Crippen molar-refractivity contribution >= 4 is 5.69 Å². The average molecular weight is 283 g/mol. The number of hydrogen-bond donors (Lipinski definition) is 2. The molecule has 0 saturated heterocycles. The van der Waals surface area contributed by atoms with Crippen LogP contribution in [0.5, 0.6) is 5.75 Å². The first-order valence-corrected chi connectivity index (χ1v) is 5.70. The summed E-state index contributed by atoms with van der Waals surface area (Å²) in [7, 11) is 0. The standard InChI is InChI=1S/C13H12F3N3O/c14-13(15,16)9-2-1-3-12(6-9)20-8-11-7-10(19-17)4-5-18-11/h1-7H,8,17H2,(H,18,19). The largest absolute Gasteiger partial charge is 0.487 e. The topological polar surface area (TPSA) is 60.2 Å². The Balaban J connectivity index is 2.07. The lowest BCUT2D eigenvalue weighted by Gasteiger charge is -2.10. The number of halogens is 3. The Morgan fingerprint density at radius 2 is 2.00 bits per heavy atom. The maximum Gasteiger partial charge on any atom is 0.416 e. The normalized spacial score (nSPS) is 11.2. The molecule has 0 amide bonds. The molecule has 2 rings (SSSR count). The molecule has 0 spiro atoms. The highest BCUT2D eigenvalue weighted by Crippen LogP contribution is 2.31. The predicted molar refractivity (Wildman–Crippen MR) is 67.8 cm³/mol. The Morgan fingerprint density at radius 3 is 2.70 bits per heavy atom. The van der Waals surface area contributed by atoms with Crippen LogP contribution >= 0.6 is 0 Å². The zero-order chi connectivity index (χ0) is 14.6. The van der Waals surface area contributed by atoms with Crippen LogP contribution < -0.4 is 16.0 Å². The van der Waals surface area contributed by atoms with Crippen LogP contribution in [-0.4, -0.2) is 4.98 Å². The summed E-state index contributed by atoms with van der Waals surface area (Å²) in [5.41, 5.74) is 2.90. The summed E-state index contributed by atoms with van der Waals surface area (Å²) >= 11 is 0. The first kappa shape index (κ1) is 14.1. The molecular weight excluding hydrogens is 271 g/mol. The Hall–Kier alpha value is -2.28. The number of ether oxygens (including phenoxy) is 1. The molecule has 1 aromatic heterocycles. The molecule has 0 aliphatic carbocycles. The van der Waals surface area contributed by atoms with Crippen molar-refractivity contribution in [3.63, 3.8) is 0 Å². The van der Waals surface area contributed by atoms with Crippen molar-refractivity contribution in [3.05, 3.63) is 53.9 Å². The SMILES string of the molecule is NNc1ccnc(COc2cccc(C(F)(F)F)c2)c1. The van der Waals surface area contributed by atoms with Gasteiger partial charge in [-0.05, 0) is 30.3 Å². The number of benzene rings is 1. The molecule has 7 heteroatoms. The molecule has 0 bridgehead atoms. The number of hydrogen-bond acceptors (Lipinski definition) is 4. The van der Waals surface area contributed by atoms with E-state index < -0.39 is 11.7 Å². The van der Waals surface area contributed by atoms with E-state index in [2.05, 4.69) is 10.4 Å². The van der Waals surface area contributed by atoms with E-state index in [1.165, 1.54) is 18.3 Å². The Labute approximate surface area is 113 Å². The van der Waals surface area contributed by atoms with Crippen molar-refractivity contribution in [2.24, 2.45) is 5.84 Å². The molecule has 4 nitrogen and oxygen atoms in total. The molecular formula is C13H12F3N3O. The number of aromatic nitrogens is 1. The number of anilines is 1. The zero-order valence-corrected chi connectivity index (χ0v) is 10.3. The van der Waals surface area contributed by atoms with Gasteiger partial charge in [0.1, 0.15) is 12.4 Å². The second kappa shape index (κ2) is 5.79. The van der Waals surface area contributed by atoms with Crippen molar-refractivity contribution in [1.29, 1.82) is 0 Å². The highest BCUT2D eigenvalue weighted by Gasteiger charge is 2.30. The maximum atomic E-state index is 12.5. The van der Waals surface area contributed by atoms with E-state index in [1.807, 2.05) is 0 Å². The number of alkyl halides is 3. The summed E-state index contributed by atoms with van der Waals surface area (Å²) in [5.74, 6) is 5.38. The van der Waals surface area contributed by atoms with Crippen LogP contribution in [0, 0.1) is 0 Å². The van der Waals surface area contributed by atoms with Crippen molar-refractivity contribution < 1.29 is 17.9 Å². The quantitative estimate of drug-likeness (QED) is 0.669. The van der Waals surface area contributed by atoms with Crippen LogP contribution in [0.15, 0.2) is 42.6 Å². The number of pyridine rings is 1. The van der Waals surface area contributed by atoms with Gasteiger partial charge in [0.25, 0.3) is 0 Å². The van der Waals surface area contributed by atoms with Crippen molar-refractivity contribution in [3.8, 4) is 5.75 Å². The third kappa shape index (κ3) is 3.61. The number of nitrogens with zero attached hydrogens (tertiary/aromatic N) is 1. The van der Waals surface area contributed by atoms with Gasteiger partial charge < -0.3 is 10.2 Å². The number of hydrazine groups is 1. The fourth-order valence-electron chi connectivity index (χ4n) is 1.57. The van der Waals surface area contributed by atoms with E-state index in [4.69, 9.17) is 10.6 Å². The van der Waals surface area contributed by atoms with Crippen LogP contribution in [0.1, 0.15) is 11.3 Å². The van der Waals surface area contributed by atoms with Crippen LogP contribution in [0.3, 0.4) is 0 Å². The fraction of sp³-hybridized carbons (Fsp3) is 0.154. The Kier molecular flexibility index (Phi) is 4.09. The third-order valence-corrected chi connectivity index (χ3v) is 2.53. The van der Waals surface area contributed by atoms with Crippen molar-refractivity contribution in [1.82, 2.24) is 4.98 Å². The first-order chi connectivity index (χ1) is 9.49. The van der Waals surface area contributed by atoms with Gasteiger partial charge in [-0.25, -0.2) is 0 Å². The van der Waals surface area contributed by atoms with Crippen LogP contribution in [0.25, 0.3) is 0 Å². The van der Waals surface area contributed by atoms with Gasteiger partial charge in [-0.3, -0.25) is 10.8 Å². The van der Waals surface area contributed by atoms with Crippen LogP contribution in [-0.2, 0) is 12.8 Å². The Morgan fingerprint density at radius 1 is 1.20 bits per heavy atom. The Bertz CT molecular complexity index is 587. The molecule has 1 heterocycles. The summed E-state index contributed by atoms with van der Waals surface area (Å²) in [4.78, 5) is 4.03. The number of nitrogens with two attached hydrogens (primary N) is 1. The van der Waals surface area contributed by atoms with E-state index in [0.29, 0.717) is 11.4 Å². The van der Waals surface area contributed by atoms with E-state index >= 15 is 0 Å². The lowest BCUT2D eigenvalue weighted by atomic mass is 10.2. The molecule has 0 saturated carbocycles. The van der Waals surface area contributed by atoms with E-state index in [1.54, 1.807) is 12.1 Å². The molecule has 2 aromatic rings. The molecule has 1 aromatic carbocycles. The van der Waals surface area contributed by atoms with Gasteiger partial charge in [-0.1, -0.05) is 6.07 Å². The molecule has 20 heavy (non-hydrogen) atoms. The summed E-state index contributed by atoms with van der Waals surface area (Å²) < 4.78 is 42.9. The minimum atomic E-state index is -4.39. The predicted octanol–water partition coefficient (Wildman–Crippen LogP) is 2.97. The van der Waals surface area contributed by atoms with Gasteiger partial charge in [-0.2, -0.15) is 13.2 Å². The summed E-state index contributed by atoms with van der Waals surface area (Å²) in [6, 6.07) is 8.00. The first-order valence-electron chi connectivity index (χ1n) is 5.70. The van der Waals surface area contributed by atoms with Gasteiger partial charge in [0.05, 0.1) is 16.9 Å². The van der Waals surface area contributed by atoms with E-state index in [0.717, 1.165) is 12.1 Å². The van der Waals surface area contributed by atoms with Gasteiger partial charge in [-0.15, -0.1) is 0 Å². The lowest BCUT2D eigenvalue weighted by Crippen LogP contribution is -2.08. The fourth-order valence-corrected chi connectivity index (χ4v) is 1.57. The summed E-state index contributed by atoms with van der Waals surface area (Å²) in [6.45, 7) is 0.0524. The third-order valence-electron chi connectivity index (χ3n) is 2.53. The van der Waals surface area contributed by atoms with Crippen molar-refractivity contribution in [2.75, 3.05) is 5.43 Å². The van der Waals surface area contributed by atoms with Crippen LogP contribution in [0.4, 0.5) is 18.9 Å². The minimum absolute atomic E-state index is 0.0524. The van der Waals surface area contributed by atoms with E-state index in [-0.39, 0.29) is 12.4 Å². The monoisotopic (exact) mass is 283 g/mol. The van der Waals surface area contributed by atoms with Crippen LogP contribution in [0.2, 0.25) is 0 Å². The van der Waals surface area contributed by atoms with Gasteiger partial charge in [0.15, 0.2) is 0 Å². The second-order valence-electron chi connectivity index (χ2n) is 3.99. The summed E-state index contributed by atoms with van der Waals surface area (Å²) in [6.07, 6.45) is -2.86. The molecule has 0 aliphatic rings. The van der Waals surface area contributed by atoms with Gasteiger partial charge >= 0.3 is 6.18 Å². The molecule has 0 unspecified atom stereocenters. The molecule has 106 valence electrons. The molecule has 0 fully saturated rings. The zero-order valence-electron chi connectivity index (χ0n) is 10.3. The molecule has 0 atom stereocenters. The van der Waals surface area contributed by atoms with E-state index in [9.17, 15) is 13.2 Å². The molecule has 0 radical (unpaired) electrons. The van der Waals surface area contributed by atoms with Gasteiger partial charge in [0, 0.05) is 6.20 Å². The molecule has 3 N–H and O–H groups in total. The van der Waals surface area contributed by atoms with Gasteiger partial charge in [0.2, 0.25) is 0 Å². The highest BCUT2D eigenvalue weighted by molar-refractivity contribution is 5.41. The second-order valence-corrected chi connectivity index (χ2v) is 3.99. The number of rotatable bonds is 4. The average Bonchev–Trinajstić information content (AvgIpc) is 2.45. The lowest BCUT2D eigenvalue weighted by molar-refractivity contribution is -0.137. The minimum Gasteiger partial charge on any atom is -0.487 e. The molecule has 0 aliphatic heterocycles. The highest BCUT2D eigenvalue weighted by atomic mass is 19.4. The number of nitrogens with one attached hydrogen (secondary N) is 1. The summed E-state index contributed by atoms with van der Waals surface area (Å²) in [5, 5.41) is 0.